The molecule has 6 heteroatoms. The summed E-state index contributed by atoms with van der Waals surface area (Å²) >= 11 is 0. The summed E-state index contributed by atoms with van der Waals surface area (Å²) in [7, 11) is 0. The molecule has 1 aromatic heterocycles. The summed E-state index contributed by atoms with van der Waals surface area (Å²) in [5.74, 6) is 0.572. The molecule has 0 radical (unpaired) electrons. The smallest absolute Gasteiger partial charge is 0.410 e. The molecule has 2 heterocycles. The number of ether oxygens (including phenoxy) is 1. The van der Waals surface area contributed by atoms with E-state index in [2.05, 4.69) is 16.8 Å². The molecule has 0 saturated carbocycles. The van der Waals surface area contributed by atoms with Crippen molar-refractivity contribution >= 4 is 11.9 Å². The third-order valence-corrected chi connectivity index (χ3v) is 3.79. The Hall–Kier alpha value is -1.82. The van der Waals surface area contributed by atoms with Crippen LogP contribution in [0.5, 0.6) is 0 Å². The van der Waals surface area contributed by atoms with E-state index in [9.17, 15) is 4.79 Å². The maximum absolute atomic E-state index is 11.9. The summed E-state index contributed by atoms with van der Waals surface area (Å²) in [6, 6.07) is 5.43. The molecule has 0 atom stereocenters. The molecule has 1 saturated heterocycles. The molecule has 0 aliphatic carbocycles. The van der Waals surface area contributed by atoms with Crippen molar-refractivity contribution in [1.82, 2.24) is 14.8 Å². The van der Waals surface area contributed by atoms with Crippen LogP contribution in [0.2, 0.25) is 0 Å². The van der Waals surface area contributed by atoms with Gasteiger partial charge in [-0.2, -0.15) is 0 Å². The zero-order valence-corrected chi connectivity index (χ0v) is 16.2. The van der Waals surface area contributed by atoms with E-state index >= 15 is 0 Å². The van der Waals surface area contributed by atoms with Gasteiger partial charge in [0.15, 0.2) is 0 Å². The second-order valence-electron chi connectivity index (χ2n) is 7.27. The highest BCUT2D eigenvalue weighted by molar-refractivity contribution is 5.68. The Kier molecular flexibility index (Phi) is 9.27. The number of rotatable bonds is 4. The standard InChI is InChI=1S/C14H28N2O2.C5H6N2/c1-5-6-7-8-15-9-11-16(12-10-15)13(17)18-14(2,3)4;6-5-3-1-2-4-7-5/h5-12H2,1-4H3;1-4H,(H2,6,7). The number of hydrogen-bond donors (Lipinski definition) is 1. The number of nitrogen functional groups attached to an aromatic ring is 1. The van der Waals surface area contributed by atoms with Crippen LogP contribution in [0.4, 0.5) is 10.6 Å². The van der Waals surface area contributed by atoms with Gasteiger partial charge in [-0.15, -0.1) is 0 Å². The molecule has 1 aromatic rings. The van der Waals surface area contributed by atoms with Gasteiger partial charge in [-0.3, -0.25) is 4.90 Å². The van der Waals surface area contributed by atoms with Crippen molar-refractivity contribution in [3.8, 4) is 0 Å². The number of nitrogens with two attached hydrogens (primary N) is 1. The van der Waals surface area contributed by atoms with E-state index < -0.39 is 5.60 Å². The first-order valence-corrected chi connectivity index (χ1v) is 9.18. The molecule has 1 aliphatic rings. The Labute approximate surface area is 152 Å². The second kappa shape index (κ2) is 10.9. The van der Waals surface area contributed by atoms with Crippen molar-refractivity contribution < 1.29 is 9.53 Å². The van der Waals surface area contributed by atoms with Crippen molar-refractivity contribution in [3.63, 3.8) is 0 Å². The lowest BCUT2D eigenvalue weighted by atomic mass is 10.2. The van der Waals surface area contributed by atoms with Crippen molar-refractivity contribution in [1.29, 1.82) is 0 Å². The molecule has 0 aromatic carbocycles. The molecule has 1 amide bonds. The molecule has 6 nitrogen and oxygen atoms in total. The first-order chi connectivity index (χ1) is 11.8. The minimum atomic E-state index is -0.394. The zero-order valence-electron chi connectivity index (χ0n) is 16.2. The summed E-state index contributed by atoms with van der Waals surface area (Å²) in [6.45, 7) is 12.6. The molecule has 0 spiro atoms. The highest BCUT2D eigenvalue weighted by Crippen LogP contribution is 2.12. The topological polar surface area (TPSA) is 71.7 Å². The van der Waals surface area contributed by atoms with Gasteiger partial charge in [-0.05, 0) is 45.9 Å². The summed E-state index contributed by atoms with van der Waals surface area (Å²) in [5.41, 5.74) is 4.85. The van der Waals surface area contributed by atoms with E-state index in [0.29, 0.717) is 5.82 Å². The number of carbonyl (C=O) groups excluding carboxylic acids is 1. The Bertz CT molecular complexity index is 480. The van der Waals surface area contributed by atoms with Crippen LogP contribution in [0.3, 0.4) is 0 Å². The van der Waals surface area contributed by atoms with Crippen molar-refractivity contribution in [2.45, 2.75) is 52.6 Å². The molecule has 0 unspecified atom stereocenters. The predicted octanol–water partition coefficient (Wildman–Crippen LogP) is 3.39. The minimum absolute atomic E-state index is 0.171. The zero-order chi connectivity index (χ0) is 18.7. The van der Waals surface area contributed by atoms with Gasteiger partial charge in [-0.1, -0.05) is 25.8 Å². The molecular formula is C19H34N4O2. The average Bonchev–Trinajstić information content (AvgIpc) is 2.55. The summed E-state index contributed by atoms with van der Waals surface area (Å²) < 4.78 is 5.38. The van der Waals surface area contributed by atoms with Gasteiger partial charge in [0.25, 0.3) is 0 Å². The summed E-state index contributed by atoms with van der Waals surface area (Å²) in [4.78, 5) is 19.9. The number of hydrogen-bond acceptors (Lipinski definition) is 5. The first kappa shape index (κ1) is 21.2. The molecule has 25 heavy (non-hydrogen) atoms. The fourth-order valence-corrected chi connectivity index (χ4v) is 2.44. The van der Waals surface area contributed by atoms with Crippen LogP contribution in [-0.2, 0) is 4.74 Å². The molecule has 1 fully saturated rings. The predicted molar refractivity (Wildman–Crippen MR) is 102 cm³/mol. The lowest BCUT2D eigenvalue weighted by Crippen LogP contribution is -2.50. The molecule has 1 aliphatic heterocycles. The van der Waals surface area contributed by atoms with Gasteiger partial charge in [0, 0.05) is 32.4 Å². The van der Waals surface area contributed by atoms with Gasteiger partial charge < -0.3 is 15.4 Å². The Balaban J connectivity index is 0.000000370. The van der Waals surface area contributed by atoms with Crippen LogP contribution in [0, 0.1) is 0 Å². The van der Waals surface area contributed by atoms with E-state index in [1.165, 1.54) is 19.3 Å². The van der Waals surface area contributed by atoms with Crippen molar-refractivity contribution in [2.75, 3.05) is 38.5 Å². The molecule has 142 valence electrons. The Morgan fingerprint density at radius 3 is 2.32 bits per heavy atom. The number of unbranched alkanes of at least 4 members (excludes halogenated alkanes) is 2. The fourth-order valence-electron chi connectivity index (χ4n) is 2.44. The van der Waals surface area contributed by atoms with E-state index in [1.54, 1.807) is 12.3 Å². The second-order valence-corrected chi connectivity index (χ2v) is 7.27. The summed E-state index contributed by atoms with van der Waals surface area (Å²) in [6.07, 6.45) is 5.32. The number of nitrogens with zero attached hydrogens (tertiary/aromatic N) is 3. The van der Waals surface area contributed by atoms with Gasteiger partial charge >= 0.3 is 6.09 Å². The van der Waals surface area contributed by atoms with Gasteiger partial charge in [-0.25, -0.2) is 9.78 Å². The van der Waals surface area contributed by atoms with Crippen LogP contribution in [0.25, 0.3) is 0 Å². The highest BCUT2D eigenvalue weighted by atomic mass is 16.6. The molecule has 0 bridgehead atoms. The Morgan fingerprint density at radius 2 is 1.88 bits per heavy atom. The quantitative estimate of drug-likeness (QED) is 0.843. The maximum Gasteiger partial charge on any atom is 0.410 e. The van der Waals surface area contributed by atoms with E-state index in [0.717, 1.165) is 32.7 Å². The van der Waals surface area contributed by atoms with Crippen molar-refractivity contribution in [3.05, 3.63) is 24.4 Å². The van der Waals surface area contributed by atoms with E-state index in [1.807, 2.05) is 37.8 Å². The number of aromatic nitrogens is 1. The maximum atomic E-state index is 11.9. The molecular weight excluding hydrogens is 316 g/mol. The fraction of sp³-hybridized carbons (Fsp3) is 0.684. The van der Waals surface area contributed by atoms with Crippen LogP contribution in [-0.4, -0.2) is 59.2 Å². The van der Waals surface area contributed by atoms with E-state index in [4.69, 9.17) is 10.5 Å². The number of amides is 1. The first-order valence-electron chi connectivity index (χ1n) is 9.18. The monoisotopic (exact) mass is 350 g/mol. The summed E-state index contributed by atoms with van der Waals surface area (Å²) in [5, 5.41) is 0. The minimum Gasteiger partial charge on any atom is -0.444 e. The van der Waals surface area contributed by atoms with Crippen LogP contribution < -0.4 is 5.73 Å². The Morgan fingerprint density at radius 1 is 1.20 bits per heavy atom. The lowest BCUT2D eigenvalue weighted by Gasteiger charge is -2.35. The number of piperazine rings is 1. The molecule has 2 rings (SSSR count). The van der Waals surface area contributed by atoms with Crippen LogP contribution >= 0.6 is 0 Å². The highest BCUT2D eigenvalue weighted by Gasteiger charge is 2.25. The third-order valence-electron chi connectivity index (χ3n) is 3.79. The number of anilines is 1. The van der Waals surface area contributed by atoms with Crippen LogP contribution in [0.1, 0.15) is 47.0 Å². The number of pyridine rings is 1. The van der Waals surface area contributed by atoms with Crippen LogP contribution in [0.15, 0.2) is 24.4 Å². The average molecular weight is 351 g/mol. The SMILES string of the molecule is CCCCCN1CCN(C(=O)OC(C)(C)C)CC1.Nc1ccccn1. The largest absolute Gasteiger partial charge is 0.444 e. The molecule has 2 N–H and O–H groups in total. The normalized spacial score (nSPS) is 15.3. The van der Waals surface area contributed by atoms with Gasteiger partial charge in [0.2, 0.25) is 0 Å². The van der Waals surface area contributed by atoms with Gasteiger partial charge in [0.1, 0.15) is 11.4 Å². The number of carbonyl (C=O) groups is 1. The van der Waals surface area contributed by atoms with Gasteiger partial charge in [0.05, 0.1) is 0 Å². The van der Waals surface area contributed by atoms with Crippen molar-refractivity contribution in [2.24, 2.45) is 0 Å². The van der Waals surface area contributed by atoms with E-state index in [-0.39, 0.29) is 6.09 Å². The third kappa shape index (κ3) is 9.92. The lowest BCUT2D eigenvalue weighted by molar-refractivity contribution is 0.0144.